The Morgan fingerprint density at radius 3 is 2.62 bits per heavy atom. The van der Waals surface area contributed by atoms with Crippen molar-refractivity contribution in [3.8, 4) is 0 Å². The van der Waals surface area contributed by atoms with Crippen molar-refractivity contribution in [1.29, 1.82) is 0 Å². The van der Waals surface area contributed by atoms with E-state index >= 15 is 0 Å². The van der Waals surface area contributed by atoms with Gasteiger partial charge in [-0.2, -0.15) is 0 Å². The molecule has 9 heteroatoms. The van der Waals surface area contributed by atoms with Crippen LogP contribution in [-0.2, 0) is 4.74 Å². The molecule has 0 radical (unpaired) electrons. The number of aromatic nitrogens is 4. The molecule has 0 spiro atoms. The molecule has 0 amide bonds. The van der Waals surface area contributed by atoms with Crippen LogP contribution >= 0.6 is 0 Å². The largest absolute Gasteiger partial charge is 0.394 e. The molecule has 1 aromatic carbocycles. The molecule has 1 aliphatic rings. The number of hydrogen-bond acceptors (Lipinski definition) is 8. The molecular weight excluding hydrogens is 374 g/mol. The van der Waals surface area contributed by atoms with E-state index in [1.807, 2.05) is 18.2 Å². The number of aliphatic hydroxyl groups is 3. The molecule has 1 aliphatic heterocycles. The standard InChI is InChI=1S/C20H25N5O4/c1-2-12(13-6-4-3-5-7-13)8-21-18-15-19(23-10-22-18)25(11-24-15)20-17(28)16(27)14(9-26)29-20/h3-7,10-12,14,16-17,20,26-28H,2,8-9H2,1H3,(H,21,22,23)/t12?,14-,16-,17-,20-/m1/s1. The van der Waals surface area contributed by atoms with E-state index in [0.717, 1.165) is 6.42 Å². The van der Waals surface area contributed by atoms with Gasteiger partial charge in [-0.05, 0) is 12.0 Å². The predicted octanol–water partition coefficient (Wildman–Crippen LogP) is 1.04. The molecule has 9 nitrogen and oxygen atoms in total. The van der Waals surface area contributed by atoms with Crippen LogP contribution in [0.25, 0.3) is 11.2 Å². The summed E-state index contributed by atoms with van der Waals surface area (Å²) in [6, 6.07) is 10.3. The van der Waals surface area contributed by atoms with Crippen molar-refractivity contribution in [2.75, 3.05) is 18.5 Å². The molecule has 4 rings (SSSR count). The van der Waals surface area contributed by atoms with Gasteiger partial charge >= 0.3 is 0 Å². The molecular formula is C20H25N5O4. The molecule has 1 unspecified atom stereocenters. The lowest BCUT2D eigenvalue weighted by atomic mass is 9.96. The lowest BCUT2D eigenvalue weighted by Gasteiger charge is -2.17. The van der Waals surface area contributed by atoms with Crippen LogP contribution in [0.15, 0.2) is 43.0 Å². The first-order valence-corrected chi connectivity index (χ1v) is 9.72. The summed E-state index contributed by atoms with van der Waals surface area (Å²) in [7, 11) is 0. The monoisotopic (exact) mass is 399 g/mol. The van der Waals surface area contributed by atoms with Crippen LogP contribution in [-0.4, -0.2) is 66.3 Å². The Kier molecular flexibility index (Phi) is 5.72. The Balaban J connectivity index is 1.57. The Labute approximate surface area is 168 Å². The lowest BCUT2D eigenvalue weighted by molar-refractivity contribution is -0.0511. The molecule has 1 saturated heterocycles. The summed E-state index contributed by atoms with van der Waals surface area (Å²) < 4.78 is 7.15. The van der Waals surface area contributed by atoms with E-state index in [1.165, 1.54) is 18.2 Å². The minimum Gasteiger partial charge on any atom is -0.394 e. The summed E-state index contributed by atoms with van der Waals surface area (Å²) in [6.07, 6.45) is -0.225. The number of aliphatic hydroxyl groups excluding tert-OH is 3. The Morgan fingerprint density at radius 1 is 1.14 bits per heavy atom. The SMILES string of the molecule is CCC(CNc1ncnc2c1ncn2[C@@H]1O[C@H](CO)[C@@H](O)[C@H]1O)c1ccccc1. The Hall–Kier alpha value is -2.59. The number of hydrogen-bond donors (Lipinski definition) is 4. The fraction of sp³-hybridized carbons (Fsp3) is 0.450. The smallest absolute Gasteiger partial charge is 0.167 e. The van der Waals surface area contributed by atoms with Gasteiger partial charge in [-0.15, -0.1) is 0 Å². The zero-order valence-electron chi connectivity index (χ0n) is 16.1. The van der Waals surface area contributed by atoms with Gasteiger partial charge in [0.2, 0.25) is 0 Å². The van der Waals surface area contributed by atoms with Crippen LogP contribution in [0.4, 0.5) is 5.82 Å². The normalized spacial score (nSPS) is 25.4. The van der Waals surface area contributed by atoms with Gasteiger partial charge < -0.3 is 25.4 Å². The van der Waals surface area contributed by atoms with Gasteiger partial charge in [0.05, 0.1) is 12.9 Å². The third-order valence-electron chi connectivity index (χ3n) is 5.43. The number of nitrogens with one attached hydrogen (secondary N) is 1. The van der Waals surface area contributed by atoms with Gasteiger partial charge in [0.15, 0.2) is 23.2 Å². The summed E-state index contributed by atoms with van der Waals surface area (Å²) in [5.74, 6) is 0.915. The maximum atomic E-state index is 10.3. The van der Waals surface area contributed by atoms with Crippen LogP contribution in [0.5, 0.6) is 0 Å². The third-order valence-corrected chi connectivity index (χ3v) is 5.43. The summed E-state index contributed by atoms with van der Waals surface area (Å²) in [5, 5.41) is 33.0. The maximum Gasteiger partial charge on any atom is 0.167 e. The van der Waals surface area contributed by atoms with E-state index in [4.69, 9.17) is 4.74 Å². The first kappa shape index (κ1) is 19.7. The van der Waals surface area contributed by atoms with Gasteiger partial charge in [-0.3, -0.25) is 4.57 Å². The van der Waals surface area contributed by atoms with Crippen molar-refractivity contribution in [2.45, 2.75) is 43.8 Å². The highest BCUT2D eigenvalue weighted by atomic mass is 16.6. The molecule has 3 heterocycles. The fourth-order valence-corrected chi connectivity index (χ4v) is 3.72. The van der Waals surface area contributed by atoms with Gasteiger partial charge in [0.1, 0.15) is 24.6 Å². The zero-order valence-corrected chi connectivity index (χ0v) is 16.1. The topological polar surface area (TPSA) is 126 Å². The lowest BCUT2D eigenvalue weighted by Crippen LogP contribution is -2.33. The molecule has 0 saturated carbocycles. The minimum absolute atomic E-state index is 0.323. The fourth-order valence-electron chi connectivity index (χ4n) is 3.72. The second-order valence-electron chi connectivity index (χ2n) is 7.17. The van der Waals surface area contributed by atoms with Crippen LogP contribution < -0.4 is 5.32 Å². The molecule has 0 bridgehead atoms. The molecule has 29 heavy (non-hydrogen) atoms. The van der Waals surface area contributed by atoms with Crippen molar-refractivity contribution < 1.29 is 20.1 Å². The van der Waals surface area contributed by atoms with E-state index in [1.54, 1.807) is 4.57 Å². The highest BCUT2D eigenvalue weighted by Crippen LogP contribution is 2.32. The minimum atomic E-state index is -1.20. The van der Waals surface area contributed by atoms with Crippen molar-refractivity contribution in [3.63, 3.8) is 0 Å². The number of fused-ring (bicyclic) bond motifs is 1. The first-order valence-electron chi connectivity index (χ1n) is 9.72. The van der Waals surface area contributed by atoms with Crippen molar-refractivity contribution >= 4 is 17.0 Å². The van der Waals surface area contributed by atoms with Crippen LogP contribution in [0.3, 0.4) is 0 Å². The second-order valence-corrected chi connectivity index (χ2v) is 7.17. The van der Waals surface area contributed by atoms with Crippen LogP contribution in [0.2, 0.25) is 0 Å². The molecule has 2 aromatic heterocycles. The van der Waals surface area contributed by atoms with Gasteiger partial charge in [0.25, 0.3) is 0 Å². The third kappa shape index (κ3) is 3.69. The number of ether oxygens (including phenoxy) is 1. The van der Waals surface area contributed by atoms with Gasteiger partial charge in [0, 0.05) is 12.5 Å². The average Bonchev–Trinajstić information content (AvgIpc) is 3.31. The first-order chi connectivity index (χ1) is 14.1. The number of nitrogens with zero attached hydrogens (tertiary/aromatic N) is 4. The van der Waals surface area contributed by atoms with Crippen molar-refractivity contribution in [2.24, 2.45) is 0 Å². The number of imidazole rings is 1. The predicted molar refractivity (Wildman–Crippen MR) is 106 cm³/mol. The summed E-state index contributed by atoms with van der Waals surface area (Å²) in [6.45, 7) is 2.44. The second kappa shape index (κ2) is 8.42. The van der Waals surface area contributed by atoms with E-state index in [-0.39, 0.29) is 6.61 Å². The van der Waals surface area contributed by atoms with Gasteiger partial charge in [-0.25, -0.2) is 15.0 Å². The van der Waals surface area contributed by atoms with Gasteiger partial charge in [-0.1, -0.05) is 37.3 Å². The summed E-state index contributed by atoms with van der Waals surface area (Å²) in [4.78, 5) is 13.0. The Bertz CT molecular complexity index is 950. The van der Waals surface area contributed by atoms with E-state index in [0.29, 0.717) is 29.4 Å². The summed E-state index contributed by atoms with van der Waals surface area (Å²) >= 11 is 0. The molecule has 4 N–H and O–H groups in total. The van der Waals surface area contributed by atoms with Crippen molar-refractivity contribution in [3.05, 3.63) is 48.5 Å². The molecule has 154 valence electrons. The van der Waals surface area contributed by atoms with Crippen LogP contribution in [0, 0.1) is 0 Å². The van der Waals surface area contributed by atoms with E-state index in [2.05, 4.69) is 39.3 Å². The quantitative estimate of drug-likeness (QED) is 0.464. The highest BCUT2D eigenvalue weighted by molar-refractivity contribution is 5.82. The van der Waals surface area contributed by atoms with Crippen molar-refractivity contribution in [1.82, 2.24) is 19.5 Å². The maximum absolute atomic E-state index is 10.3. The van der Waals surface area contributed by atoms with E-state index in [9.17, 15) is 15.3 Å². The summed E-state index contributed by atoms with van der Waals surface area (Å²) in [5.41, 5.74) is 2.28. The molecule has 5 atom stereocenters. The molecule has 1 fully saturated rings. The van der Waals surface area contributed by atoms with E-state index < -0.39 is 24.5 Å². The average molecular weight is 399 g/mol. The number of benzene rings is 1. The van der Waals surface area contributed by atoms with Crippen LogP contribution in [0.1, 0.15) is 31.1 Å². The zero-order chi connectivity index (χ0) is 20.4. The Morgan fingerprint density at radius 2 is 1.93 bits per heavy atom. The molecule has 3 aromatic rings. The number of anilines is 1. The number of rotatable bonds is 7. The highest BCUT2D eigenvalue weighted by Gasteiger charge is 2.44. The molecule has 0 aliphatic carbocycles.